The molecule has 0 saturated carbocycles. The second kappa shape index (κ2) is 3.17. The average molecular weight is 196 g/mol. The van der Waals surface area contributed by atoms with Crippen molar-refractivity contribution in [2.45, 2.75) is 11.9 Å². The molecule has 3 N–H and O–H groups in total. The number of rotatable bonds is 2. The highest BCUT2D eigenvalue weighted by molar-refractivity contribution is 7.99. The van der Waals surface area contributed by atoms with Crippen LogP contribution in [-0.2, 0) is 0 Å². The average Bonchev–Trinajstić information content (AvgIpc) is 2.52. The van der Waals surface area contributed by atoms with Gasteiger partial charge in [-0.1, -0.05) is 6.92 Å². The van der Waals surface area contributed by atoms with Gasteiger partial charge in [0.2, 0.25) is 11.6 Å². The summed E-state index contributed by atoms with van der Waals surface area (Å²) in [6.45, 7) is 2.04. The summed E-state index contributed by atoms with van der Waals surface area (Å²) in [6.07, 6.45) is 0. The lowest BCUT2D eigenvalue weighted by molar-refractivity contribution is 0.952. The van der Waals surface area contributed by atoms with Crippen LogP contribution in [0.15, 0.2) is 5.03 Å². The van der Waals surface area contributed by atoms with E-state index in [0.717, 1.165) is 10.8 Å². The zero-order valence-electron chi connectivity index (χ0n) is 6.98. The molecule has 6 nitrogen and oxygen atoms in total. The van der Waals surface area contributed by atoms with Crippen molar-refractivity contribution >= 4 is 28.9 Å². The number of nitrogen functional groups attached to an aromatic ring is 1. The van der Waals surface area contributed by atoms with Crippen molar-refractivity contribution in [1.82, 2.24) is 25.4 Å². The monoisotopic (exact) mass is 196 g/mol. The number of fused-ring (bicyclic) bond motifs is 1. The van der Waals surface area contributed by atoms with Crippen molar-refractivity contribution in [2.75, 3.05) is 11.5 Å². The van der Waals surface area contributed by atoms with Gasteiger partial charge in [0, 0.05) is 0 Å². The van der Waals surface area contributed by atoms with E-state index < -0.39 is 0 Å². The summed E-state index contributed by atoms with van der Waals surface area (Å²) in [6, 6.07) is 0. The van der Waals surface area contributed by atoms with E-state index in [1.807, 2.05) is 6.92 Å². The third kappa shape index (κ3) is 1.42. The number of nitrogens with two attached hydrogens (primary N) is 1. The lowest BCUT2D eigenvalue weighted by Crippen LogP contribution is -1.96. The smallest absolute Gasteiger partial charge is 0.223 e. The maximum atomic E-state index is 5.50. The highest BCUT2D eigenvalue weighted by Gasteiger charge is 2.08. The fraction of sp³-hybridized carbons (Fsp3) is 0.333. The zero-order valence-corrected chi connectivity index (χ0v) is 7.80. The lowest BCUT2D eigenvalue weighted by atomic mass is 10.5. The standard InChI is InChI=1S/C6H8N6S/c1-2-13-5-3-4(11-12-10-3)8-6(7)9-5/h2H2,1H3,(H3,7,8,9,10,11,12). The van der Waals surface area contributed by atoms with Gasteiger partial charge >= 0.3 is 0 Å². The summed E-state index contributed by atoms with van der Waals surface area (Å²) in [5.41, 5.74) is 6.70. The molecule has 13 heavy (non-hydrogen) atoms. The molecule has 0 radical (unpaired) electrons. The van der Waals surface area contributed by atoms with Crippen LogP contribution in [0.1, 0.15) is 6.92 Å². The van der Waals surface area contributed by atoms with E-state index in [2.05, 4.69) is 25.4 Å². The van der Waals surface area contributed by atoms with E-state index in [1.165, 1.54) is 0 Å². The molecule has 0 aromatic carbocycles. The molecular weight excluding hydrogens is 188 g/mol. The fourth-order valence-electron chi connectivity index (χ4n) is 0.975. The first-order chi connectivity index (χ1) is 6.31. The predicted molar refractivity (Wildman–Crippen MR) is 50.3 cm³/mol. The van der Waals surface area contributed by atoms with Crippen LogP contribution in [0.4, 0.5) is 5.95 Å². The summed E-state index contributed by atoms with van der Waals surface area (Å²) in [5.74, 6) is 1.15. The van der Waals surface area contributed by atoms with Crippen molar-refractivity contribution in [2.24, 2.45) is 0 Å². The Morgan fingerprint density at radius 1 is 1.38 bits per heavy atom. The topological polar surface area (TPSA) is 93.4 Å². The second-order valence-electron chi connectivity index (χ2n) is 2.32. The van der Waals surface area contributed by atoms with Crippen molar-refractivity contribution in [3.8, 4) is 0 Å². The molecule has 2 heterocycles. The summed E-state index contributed by atoms with van der Waals surface area (Å²) in [4.78, 5) is 8.00. The molecule has 0 amide bonds. The SMILES string of the molecule is CCSc1nc(N)nc2n[nH]nc12. The molecule has 0 aliphatic rings. The molecule has 0 aliphatic carbocycles. The van der Waals surface area contributed by atoms with E-state index in [9.17, 15) is 0 Å². The Hall–Kier alpha value is -1.37. The minimum atomic E-state index is 0.234. The summed E-state index contributed by atoms with van der Waals surface area (Å²) in [7, 11) is 0. The number of nitrogens with zero attached hydrogens (tertiary/aromatic N) is 4. The Kier molecular flexibility index (Phi) is 2.01. The molecule has 0 aliphatic heterocycles. The number of nitrogens with one attached hydrogen (secondary N) is 1. The van der Waals surface area contributed by atoms with Crippen molar-refractivity contribution in [3.05, 3.63) is 0 Å². The first-order valence-electron chi connectivity index (χ1n) is 3.78. The van der Waals surface area contributed by atoms with Crippen LogP contribution in [0.2, 0.25) is 0 Å². The molecule has 7 heteroatoms. The molecule has 0 bridgehead atoms. The van der Waals surface area contributed by atoms with Gasteiger partial charge in [-0.05, 0) is 5.75 Å². The van der Waals surface area contributed by atoms with E-state index >= 15 is 0 Å². The number of hydrogen-bond acceptors (Lipinski definition) is 6. The van der Waals surface area contributed by atoms with Gasteiger partial charge in [-0.2, -0.15) is 15.3 Å². The maximum absolute atomic E-state index is 5.50. The molecule has 0 saturated heterocycles. The molecule has 0 unspecified atom stereocenters. The third-order valence-electron chi connectivity index (χ3n) is 1.45. The molecule has 2 rings (SSSR count). The zero-order chi connectivity index (χ0) is 9.26. The molecule has 0 fully saturated rings. The van der Waals surface area contributed by atoms with Gasteiger partial charge in [0.15, 0.2) is 5.52 Å². The minimum absolute atomic E-state index is 0.234. The molecule has 0 atom stereocenters. The number of anilines is 1. The Bertz CT molecular complexity index is 424. The van der Waals surface area contributed by atoms with Gasteiger partial charge < -0.3 is 5.73 Å². The summed E-state index contributed by atoms with van der Waals surface area (Å²) in [5, 5.41) is 11.1. The van der Waals surface area contributed by atoms with Gasteiger partial charge in [-0.25, -0.2) is 4.98 Å². The van der Waals surface area contributed by atoms with Crippen LogP contribution >= 0.6 is 11.8 Å². The van der Waals surface area contributed by atoms with Crippen LogP contribution < -0.4 is 5.73 Å². The lowest BCUT2D eigenvalue weighted by Gasteiger charge is -1.97. The van der Waals surface area contributed by atoms with E-state index in [4.69, 9.17) is 5.73 Å². The van der Waals surface area contributed by atoms with Crippen LogP contribution in [0.25, 0.3) is 11.2 Å². The maximum Gasteiger partial charge on any atom is 0.223 e. The Balaban J connectivity index is 2.63. The summed E-state index contributed by atoms with van der Waals surface area (Å²) >= 11 is 1.57. The summed E-state index contributed by atoms with van der Waals surface area (Å²) < 4.78 is 0. The van der Waals surface area contributed by atoms with Gasteiger partial charge in [0.1, 0.15) is 5.03 Å². The number of aromatic nitrogens is 5. The van der Waals surface area contributed by atoms with Crippen molar-refractivity contribution in [1.29, 1.82) is 0 Å². The van der Waals surface area contributed by atoms with Crippen LogP contribution in [0.5, 0.6) is 0 Å². The highest BCUT2D eigenvalue weighted by Crippen LogP contribution is 2.22. The quantitative estimate of drug-likeness (QED) is 0.534. The number of H-pyrrole nitrogens is 1. The largest absolute Gasteiger partial charge is 0.368 e. The number of hydrogen-bond donors (Lipinski definition) is 2. The molecule has 68 valence electrons. The normalized spacial score (nSPS) is 10.8. The second-order valence-corrected chi connectivity index (χ2v) is 3.57. The van der Waals surface area contributed by atoms with Crippen LogP contribution in [0.3, 0.4) is 0 Å². The highest BCUT2D eigenvalue weighted by atomic mass is 32.2. The van der Waals surface area contributed by atoms with E-state index in [-0.39, 0.29) is 5.95 Å². The first-order valence-corrected chi connectivity index (χ1v) is 4.76. The van der Waals surface area contributed by atoms with Crippen molar-refractivity contribution in [3.63, 3.8) is 0 Å². The van der Waals surface area contributed by atoms with Crippen molar-refractivity contribution < 1.29 is 0 Å². The van der Waals surface area contributed by atoms with Crippen LogP contribution in [-0.4, -0.2) is 31.1 Å². The van der Waals surface area contributed by atoms with Crippen LogP contribution in [0, 0.1) is 0 Å². The molecule has 2 aromatic rings. The van der Waals surface area contributed by atoms with Gasteiger partial charge in [-0.15, -0.1) is 16.9 Å². The van der Waals surface area contributed by atoms with E-state index in [1.54, 1.807) is 11.8 Å². The van der Waals surface area contributed by atoms with E-state index in [0.29, 0.717) is 11.2 Å². The first kappa shape index (κ1) is 8.24. The number of aromatic amines is 1. The van der Waals surface area contributed by atoms with Gasteiger partial charge in [-0.3, -0.25) is 0 Å². The number of thioether (sulfide) groups is 1. The Morgan fingerprint density at radius 2 is 2.23 bits per heavy atom. The minimum Gasteiger partial charge on any atom is -0.368 e. The van der Waals surface area contributed by atoms with Gasteiger partial charge in [0.25, 0.3) is 0 Å². The third-order valence-corrected chi connectivity index (χ3v) is 2.30. The molecule has 2 aromatic heterocycles. The molecular formula is C6H8N6S. The Labute approximate surface area is 78.3 Å². The van der Waals surface area contributed by atoms with Gasteiger partial charge in [0.05, 0.1) is 0 Å². The predicted octanol–water partition coefficient (Wildman–Crippen LogP) is 0.442. The molecule has 0 spiro atoms. The Morgan fingerprint density at radius 3 is 3.00 bits per heavy atom. The fourth-order valence-corrected chi connectivity index (χ4v) is 1.68.